The van der Waals surface area contributed by atoms with Crippen LogP contribution in [-0.2, 0) is 19.1 Å². The molecule has 2 N–H and O–H groups in total. The zero-order valence-corrected chi connectivity index (χ0v) is 10.2. The van der Waals surface area contributed by atoms with Crippen LogP contribution in [0.15, 0.2) is 40.4 Å². The monoisotopic (exact) mass is 258 g/mol. The van der Waals surface area contributed by atoms with Crippen LogP contribution in [0.5, 0.6) is 0 Å². The Morgan fingerprint density at radius 3 is 2.59 bits per heavy atom. The highest BCUT2D eigenvalue weighted by Gasteiger charge is 2.15. The first-order valence-corrected chi connectivity index (χ1v) is 6.42. The van der Waals surface area contributed by atoms with Crippen LogP contribution < -0.4 is 5.73 Å². The summed E-state index contributed by atoms with van der Waals surface area (Å²) in [5.74, 6) is 0. The van der Waals surface area contributed by atoms with Crippen LogP contribution in [0.2, 0.25) is 0 Å². The van der Waals surface area contributed by atoms with Crippen molar-refractivity contribution in [2.24, 2.45) is 10.9 Å². The number of oxime groups is 1. The second-order valence-corrected chi connectivity index (χ2v) is 4.65. The molecule has 0 aromatic heterocycles. The lowest BCUT2D eigenvalue weighted by Crippen LogP contribution is -2.18. The Labute approximate surface area is 100 Å². The highest BCUT2D eigenvalue weighted by atomic mass is 32.2. The first-order chi connectivity index (χ1) is 8.06. The molecule has 0 heterocycles. The van der Waals surface area contributed by atoms with Gasteiger partial charge in [0.05, 0.1) is 6.61 Å². The largest absolute Gasteiger partial charge is 0.463 e. The molecule has 0 radical (unpaired) electrons. The van der Waals surface area contributed by atoms with Gasteiger partial charge in [0.2, 0.25) is 0 Å². The standard InChI is InChI=1S/C10H14N2O4S/c1-2-8-15-10(11)12-16-17(13,14)9-6-4-3-5-7-9/h3-7H,2,8H2,1H3,(H2,11,12). The third-order valence-corrected chi connectivity index (χ3v) is 2.83. The fourth-order valence-electron chi connectivity index (χ4n) is 0.949. The maximum atomic E-state index is 11.6. The zero-order valence-electron chi connectivity index (χ0n) is 9.37. The van der Waals surface area contributed by atoms with Crippen LogP contribution in [0.3, 0.4) is 0 Å². The molecule has 1 rings (SSSR count). The average molecular weight is 258 g/mol. The summed E-state index contributed by atoms with van der Waals surface area (Å²) in [7, 11) is -3.93. The van der Waals surface area contributed by atoms with Gasteiger partial charge in [-0.3, -0.25) is 4.28 Å². The summed E-state index contributed by atoms with van der Waals surface area (Å²) in [6, 6.07) is 7.34. The Balaban J connectivity index is 2.69. The summed E-state index contributed by atoms with van der Waals surface area (Å²) < 4.78 is 32.4. The minimum atomic E-state index is -3.93. The minimum absolute atomic E-state index is 0.00652. The van der Waals surface area contributed by atoms with E-state index in [1.54, 1.807) is 18.2 Å². The number of amidine groups is 1. The Bertz CT molecular complexity index is 470. The molecule has 17 heavy (non-hydrogen) atoms. The number of ether oxygens (including phenoxy) is 1. The molecular formula is C10H14N2O4S. The van der Waals surface area contributed by atoms with Crippen molar-refractivity contribution in [3.05, 3.63) is 30.3 Å². The summed E-state index contributed by atoms with van der Waals surface area (Å²) in [6.45, 7) is 2.24. The normalized spacial score (nSPS) is 12.2. The van der Waals surface area contributed by atoms with Gasteiger partial charge in [-0.1, -0.05) is 25.1 Å². The number of rotatable bonds is 5. The molecule has 0 aliphatic carbocycles. The first kappa shape index (κ1) is 13.3. The maximum Gasteiger partial charge on any atom is 0.358 e. The third-order valence-electron chi connectivity index (χ3n) is 1.71. The SMILES string of the molecule is CCCOC(N)=NOS(=O)(=O)c1ccccc1. The van der Waals surface area contributed by atoms with E-state index in [-0.39, 0.29) is 10.9 Å². The van der Waals surface area contributed by atoms with E-state index in [4.69, 9.17) is 10.5 Å². The van der Waals surface area contributed by atoms with E-state index in [2.05, 4.69) is 9.44 Å². The third kappa shape index (κ3) is 4.31. The van der Waals surface area contributed by atoms with Gasteiger partial charge in [0.15, 0.2) is 0 Å². The molecule has 6 nitrogen and oxygen atoms in total. The van der Waals surface area contributed by atoms with Gasteiger partial charge < -0.3 is 10.5 Å². The van der Waals surface area contributed by atoms with E-state index in [0.717, 1.165) is 6.42 Å². The highest BCUT2D eigenvalue weighted by Crippen LogP contribution is 2.11. The lowest BCUT2D eigenvalue weighted by molar-refractivity contribution is 0.263. The van der Waals surface area contributed by atoms with Crippen molar-refractivity contribution in [3.63, 3.8) is 0 Å². The highest BCUT2D eigenvalue weighted by molar-refractivity contribution is 7.86. The molecule has 0 saturated carbocycles. The molecule has 0 fully saturated rings. The molecule has 94 valence electrons. The fraction of sp³-hybridized carbons (Fsp3) is 0.300. The second-order valence-electron chi connectivity index (χ2n) is 3.12. The van der Waals surface area contributed by atoms with Crippen molar-refractivity contribution in [1.82, 2.24) is 0 Å². The van der Waals surface area contributed by atoms with Gasteiger partial charge in [-0.25, -0.2) is 0 Å². The minimum Gasteiger partial charge on any atom is -0.463 e. The van der Waals surface area contributed by atoms with Crippen LogP contribution in [0.1, 0.15) is 13.3 Å². The summed E-state index contributed by atoms with van der Waals surface area (Å²) in [4.78, 5) is 0.00652. The van der Waals surface area contributed by atoms with E-state index in [0.29, 0.717) is 6.61 Å². The van der Waals surface area contributed by atoms with E-state index in [9.17, 15) is 8.42 Å². The lowest BCUT2D eigenvalue weighted by atomic mass is 10.4. The Kier molecular flexibility index (Phi) is 4.77. The van der Waals surface area contributed by atoms with E-state index in [1.165, 1.54) is 12.1 Å². The number of hydrogen-bond acceptors (Lipinski definition) is 5. The summed E-state index contributed by atoms with van der Waals surface area (Å²) in [5, 5.41) is 3.19. The molecule has 0 aliphatic rings. The number of hydrogen-bond donors (Lipinski definition) is 1. The van der Waals surface area contributed by atoms with E-state index >= 15 is 0 Å². The fourth-order valence-corrected chi connectivity index (χ4v) is 1.70. The van der Waals surface area contributed by atoms with Crippen molar-refractivity contribution < 1.29 is 17.4 Å². The quantitative estimate of drug-likeness (QED) is 0.484. The van der Waals surface area contributed by atoms with Gasteiger partial charge in [-0.2, -0.15) is 8.42 Å². The second kappa shape index (κ2) is 6.09. The van der Waals surface area contributed by atoms with Gasteiger partial charge in [0.25, 0.3) is 0 Å². The molecule has 1 aromatic carbocycles. The van der Waals surface area contributed by atoms with Crippen molar-refractivity contribution in [2.75, 3.05) is 6.61 Å². The molecule has 0 saturated heterocycles. The Morgan fingerprint density at radius 1 is 1.35 bits per heavy atom. The van der Waals surface area contributed by atoms with Gasteiger partial charge in [0, 0.05) is 0 Å². The van der Waals surface area contributed by atoms with Crippen molar-refractivity contribution in [3.8, 4) is 0 Å². The van der Waals surface area contributed by atoms with Crippen LogP contribution in [0, 0.1) is 0 Å². The predicted molar refractivity (Wildman–Crippen MR) is 62.6 cm³/mol. The van der Waals surface area contributed by atoms with Crippen LogP contribution in [0.4, 0.5) is 0 Å². The topological polar surface area (TPSA) is 91.0 Å². The molecule has 0 amide bonds. The zero-order chi connectivity index (χ0) is 12.7. The molecule has 0 bridgehead atoms. The molecule has 7 heteroatoms. The number of nitrogens with two attached hydrogens (primary N) is 1. The molecule has 1 aromatic rings. The molecule has 0 atom stereocenters. The van der Waals surface area contributed by atoms with E-state index in [1.807, 2.05) is 6.92 Å². The molecule has 0 aliphatic heterocycles. The lowest BCUT2D eigenvalue weighted by Gasteiger charge is -2.03. The van der Waals surface area contributed by atoms with Crippen molar-refractivity contribution in [2.45, 2.75) is 18.2 Å². The maximum absolute atomic E-state index is 11.6. The van der Waals surface area contributed by atoms with Gasteiger partial charge >= 0.3 is 16.1 Å². The Hall–Kier alpha value is -1.76. The van der Waals surface area contributed by atoms with Gasteiger partial charge in [0.1, 0.15) is 4.90 Å². The summed E-state index contributed by atoms with van der Waals surface area (Å²) >= 11 is 0. The van der Waals surface area contributed by atoms with Crippen LogP contribution in [-0.4, -0.2) is 21.0 Å². The van der Waals surface area contributed by atoms with Crippen LogP contribution >= 0.6 is 0 Å². The van der Waals surface area contributed by atoms with E-state index < -0.39 is 10.1 Å². The van der Waals surface area contributed by atoms with Gasteiger partial charge in [-0.15, -0.1) is 0 Å². The number of nitrogens with zero attached hydrogens (tertiary/aromatic N) is 1. The predicted octanol–water partition coefficient (Wildman–Crippen LogP) is 1.05. The van der Waals surface area contributed by atoms with Crippen LogP contribution in [0.25, 0.3) is 0 Å². The van der Waals surface area contributed by atoms with Crippen molar-refractivity contribution in [1.29, 1.82) is 0 Å². The van der Waals surface area contributed by atoms with Gasteiger partial charge in [-0.05, 0) is 23.7 Å². The first-order valence-electron chi connectivity index (χ1n) is 5.01. The Morgan fingerprint density at radius 2 is 2.00 bits per heavy atom. The smallest absolute Gasteiger partial charge is 0.358 e. The molecular weight excluding hydrogens is 244 g/mol. The molecule has 0 spiro atoms. The average Bonchev–Trinajstić information content (AvgIpc) is 2.35. The summed E-state index contributed by atoms with van der Waals surface area (Å²) in [5.41, 5.74) is 5.28. The summed E-state index contributed by atoms with van der Waals surface area (Å²) in [6.07, 6.45) is 0.738. The molecule has 0 unspecified atom stereocenters. The van der Waals surface area contributed by atoms with Crippen molar-refractivity contribution >= 4 is 16.1 Å². The number of benzene rings is 1.